The molecular formula is C21H17N3. The van der Waals surface area contributed by atoms with Gasteiger partial charge in [0.1, 0.15) is 0 Å². The van der Waals surface area contributed by atoms with E-state index < -0.39 is 0 Å². The van der Waals surface area contributed by atoms with Gasteiger partial charge in [0.15, 0.2) is 0 Å². The molecule has 0 radical (unpaired) electrons. The summed E-state index contributed by atoms with van der Waals surface area (Å²) in [5, 5.41) is 3.17. The third kappa shape index (κ3) is 2.72. The van der Waals surface area contributed by atoms with Crippen molar-refractivity contribution >= 4 is 16.7 Å². The van der Waals surface area contributed by atoms with Crippen LogP contribution >= 0.6 is 0 Å². The Morgan fingerprint density at radius 2 is 1.46 bits per heavy atom. The van der Waals surface area contributed by atoms with Crippen molar-refractivity contribution < 1.29 is 0 Å². The summed E-state index contributed by atoms with van der Waals surface area (Å²) in [6.45, 7) is 0. The number of hydrogen-bond acceptors (Lipinski definition) is 3. The van der Waals surface area contributed by atoms with Crippen LogP contribution in [0, 0.1) is 0 Å². The van der Waals surface area contributed by atoms with E-state index >= 15 is 0 Å². The minimum atomic E-state index is 0.893. The molecule has 3 aromatic carbocycles. The SMILES string of the molecule is CNc1cccc(-c2ccc(-c3cnc4ccccc4n3)cc2)c1. The monoisotopic (exact) mass is 311 g/mol. The summed E-state index contributed by atoms with van der Waals surface area (Å²) in [4.78, 5) is 9.19. The molecule has 0 saturated heterocycles. The molecule has 0 saturated carbocycles. The fraction of sp³-hybridized carbons (Fsp3) is 0.0476. The maximum absolute atomic E-state index is 4.70. The molecule has 1 aromatic heterocycles. The highest BCUT2D eigenvalue weighted by atomic mass is 14.8. The lowest BCUT2D eigenvalue weighted by Gasteiger charge is -2.07. The number of anilines is 1. The van der Waals surface area contributed by atoms with Gasteiger partial charge in [0, 0.05) is 18.3 Å². The van der Waals surface area contributed by atoms with Crippen molar-refractivity contribution in [1.82, 2.24) is 9.97 Å². The molecule has 4 rings (SSSR count). The van der Waals surface area contributed by atoms with Crippen LogP contribution in [0.4, 0.5) is 5.69 Å². The minimum Gasteiger partial charge on any atom is -0.388 e. The van der Waals surface area contributed by atoms with E-state index in [0.717, 1.165) is 28.0 Å². The third-order valence-corrected chi connectivity index (χ3v) is 4.11. The fourth-order valence-corrected chi connectivity index (χ4v) is 2.78. The van der Waals surface area contributed by atoms with Crippen LogP contribution in [-0.2, 0) is 0 Å². The van der Waals surface area contributed by atoms with Crippen LogP contribution in [0.1, 0.15) is 0 Å². The quantitative estimate of drug-likeness (QED) is 0.578. The lowest BCUT2D eigenvalue weighted by atomic mass is 10.0. The Bertz CT molecular complexity index is 991. The number of fused-ring (bicyclic) bond motifs is 1. The molecular weight excluding hydrogens is 294 g/mol. The Labute approximate surface area is 141 Å². The van der Waals surface area contributed by atoms with E-state index in [1.165, 1.54) is 11.1 Å². The predicted molar refractivity (Wildman–Crippen MR) is 100.0 cm³/mol. The lowest BCUT2D eigenvalue weighted by Crippen LogP contribution is -1.89. The van der Waals surface area contributed by atoms with Crippen molar-refractivity contribution in [3.8, 4) is 22.4 Å². The van der Waals surface area contributed by atoms with Gasteiger partial charge in [0.25, 0.3) is 0 Å². The average Bonchev–Trinajstić information content (AvgIpc) is 2.68. The molecule has 3 heteroatoms. The smallest absolute Gasteiger partial charge is 0.0894 e. The summed E-state index contributed by atoms with van der Waals surface area (Å²) in [6, 6.07) is 24.8. The van der Waals surface area contributed by atoms with Gasteiger partial charge >= 0.3 is 0 Å². The van der Waals surface area contributed by atoms with Crippen molar-refractivity contribution in [1.29, 1.82) is 0 Å². The third-order valence-electron chi connectivity index (χ3n) is 4.11. The molecule has 0 spiro atoms. The number of nitrogens with one attached hydrogen (secondary N) is 1. The molecule has 0 aliphatic carbocycles. The summed E-state index contributed by atoms with van der Waals surface area (Å²) in [6.07, 6.45) is 1.83. The largest absolute Gasteiger partial charge is 0.388 e. The van der Waals surface area contributed by atoms with Gasteiger partial charge in [0.2, 0.25) is 0 Å². The maximum Gasteiger partial charge on any atom is 0.0894 e. The highest BCUT2D eigenvalue weighted by molar-refractivity contribution is 5.77. The zero-order valence-corrected chi connectivity index (χ0v) is 13.4. The van der Waals surface area contributed by atoms with Crippen LogP contribution in [0.5, 0.6) is 0 Å². The number of para-hydroxylation sites is 2. The Morgan fingerprint density at radius 1 is 0.708 bits per heavy atom. The predicted octanol–water partition coefficient (Wildman–Crippen LogP) is 5.01. The highest BCUT2D eigenvalue weighted by Gasteiger charge is 2.04. The maximum atomic E-state index is 4.70. The van der Waals surface area contributed by atoms with Gasteiger partial charge < -0.3 is 5.32 Å². The normalized spacial score (nSPS) is 10.7. The summed E-state index contributed by atoms with van der Waals surface area (Å²) in [5.74, 6) is 0. The van der Waals surface area contributed by atoms with Crippen LogP contribution < -0.4 is 5.32 Å². The van der Waals surface area contributed by atoms with E-state index in [-0.39, 0.29) is 0 Å². The Hall–Kier alpha value is -3.20. The van der Waals surface area contributed by atoms with E-state index in [1.807, 2.05) is 37.5 Å². The molecule has 0 atom stereocenters. The molecule has 116 valence electrons. The van der Waals surface area contributed by atoms with Gasteiger partial charge in [-0.2, -0.15) is 0 Å². The summed E-state index contributed by atoms with van der Waals surface area (Å²) < 4.78 is 0. The van der Waals surface area contributed by atoms with E-state index in [2.05, 4.69) is 58.8 Å². The summed E-state index contributed by atoms with van der Waals surface area (Å²) in [5.41, 5.74) is 7.29. The highest BCUT2D eigenvalue weighted by Crippen LogP contribution is 2.26. The molecule has 24 heavy (non-hydrogen) atoms. The fourth-order valence-electron chi connectivity index (χ4n) is 2.78. The summed E-state index contributed by atoms with van der Waals surface area (Å²) in [7, 11) is 1.93. The zero-order chi connectivity index (χ0) is 16.4. The molecule has 1 N–H and O–H groups in total. The molecule has 4 aromatic rings. The molecule has 0 amide bonds. The van der Waals surface area contributed by atoms with Crippen LogP contribution in [0.15, 0.2) is 79.0 Å². The Kier molecular flexibility index (Phi) is 3.67. The molecule has 0 aliphatic heterocycles. The number of benzene rings is 3. The van der Waals surface area contributed by atoms with E-state index in [0.29, 0.717) is 0 Å². The second-order valence-electron chi connectivity index (χ2n) is 5.65. The van der Waals surface area contributed by atoms with E-state index in [4.69, 9.17) is 4.98 Å². The minimum absolute atomic E-state index is 0.893. The second kappa shape index (κ2) is 6.13. The van der Waals surface area contributed by atoms with Crippen molar-refractivity contribution in [3.05, 3.63) is 79.0 Å². The number of rotatable bonds is 3. The number of hydrogen-bond donors (Lipinski definition) is 1. The van der Waals surface area contributed by atoms with E-state index in [1.54, 1.807) is 0 Å². The molecule has 0 aliphatic rings. The summed E-state index contributed by atoms with van der Waals surface area (Å²) >= 11 is 0. The molecule has 0 unspecified atom stereocenters. The van der Waals surface area contributed by atoms with Gasteiger partial charge in [-0.15, -0.1) is 0 Å². The van der Waals surface area contributed by atoms with Crippen LogP contribution in [0.25, 0.3) is 33.4 Å². The van der Waals surface area contributed by atoms with Gasteiger partial charge in [-0.3, -0.25) is 4.98 Å². The van der Waals surface area contributed by atoms with E-state index in [9.17, 15) is 0 Å². The number of aromatic nitrogens is 2. The Balaban J connectivity index is 1.69. The molecule has 0 bridgehead atoms. The van der Waals surface area contributed by atoms with Crippen LogP contribution in [0.2, 0.25) is 0 Å². The Morgan fingerprint density at radius 3 is 2.25 bits per heavy atom. The van der Waals surface area contributed by atoms with Gasteiger partial charge in [-0.25, -0.2) is 4.98 Å². The van der Waals surface area contributed by atoms with Gasteiger partial charge in [-0.05, 0) is 35.4 Å². The topological polar surface area (TPSA) is 37.8 Å². The van der Waals surface area contributed by atoms with Crippen molar-refractivity contribution in [3.63, 3.8) is 0 Å². The number of nitrogens with zero attached hydrogens (tertiary/aromatic N) is 2. The zero-order valence-electron chi connectivity index (χ0n) is 13.4. The first kappa shape index (κ1) is 14.4. The molecule has 1 heterocycles. The lowest BCUT2D eigenvalue weighted by molar-refractivity contribution is 1.29. The van der Waals surface area contributed by atoms with Gasteiger partial charge in [-0.1, -0.05) is 48.5 Å². The van der Waals surface area contributed by atoms with Crippen LogP contribution in [0.3, 0.4) is 0 Å². The van der Waals surface area contributed by atoms with Crippen molar-refractivity contribution in [2.75, 3.05) is 12.4 Å². The molecule has 0 fully saturated rings. The van der Waals surface area contributed by atoms with Crippen LogP contribution in [-0.4, -0.2) is 17.0 Å². The average molecular weight is 311 g/mol. The molecule has 3 nitrogen and oxygen atoms in total. The second-order valence-corrected chi connectivity index (χ2v) is 5.65. The first-order chi connectivity index (χ1) is 11.8. The first-order valence-electron chi connectivity index (χ1n) is 7.94. The first-order valence-corrected chi connectivity index (χ1v) is 7.94. The van der Waals surface area contributed by atoms with Gasteiger partial charge in [0.05, 0.1) is 22.9 Å². The van der Waals surface area contributed by atoms with Crippen molar-refractivity contribution in [2.45, 2.75) is 0 Å². The van der Waals surface area contributed by atoms with Crippen molar-refractivity contribution in [2.24, 2.45) is 0 Å². The standard InChI is InChI=1S/C21H17N3/c1-22-18-6-4-5-17(13-18)15-9-11-16(12-10-15)21-14-23-19-7-2-3-8-20(19)24-21/h2-14,22H,1H3.